The number of hydrogen-bond donors (Lipinski definition) is 2. The van der Waals surface area contributed by atoms with Crippen molar-refractivity contribution in [1.82, 2.24) is 20.4 Å². The molecule has 2 N–H and O–H groups in total. The van der Waals surface area contributed by atoms with Gasteiger partial charge in [0.25, 0.3) is 0 Å². The average Bonchev–Trinajstić information content (AvgIpc) is 2.55. The van der Waals surface area contributed by atoms with Crippen molar-refractivity contribution in [2.75, 3.05) is 53.4 Å². The van der Waals surface area contributed by atoms with Crippen LogP contribution in [0.4, 0.5) is 0 Å². The number of piperazine rings is 1. The minimum atomic E-state index is 0. The van der Waals surface area contributed by atoms with Crippen LogP contribution in [0.2, 0.25) is 0 Å². The Hall–Kier alpha value is -0.0800. The molecule has 1 saturated carbocycles. The monoisotopic (exact) mass is 451 g/mol. The summed E-state index contributed by atoms with van der Waals surface area (Å²) in [5.74, 6) is 2.52. The fourth-order valence-electron chi connectivity index (χ4n) is 3.60. The van der Waals surface area contributed by atoms with E-state index in [1.54, 1.807) is 0 Å². The third kappa shape index (κ3) is 7.87. The SMILES string of the molecule is CN=C(NCC(C)CN1CCN(C)CC1)NC1CCC(C)CC1.I. The molecule has 0 radical (unpaired) electrons. The van der Waals surface area contributed by atoms with Gasteiger partial charge >= 0.3 is 0 Å². The molecule has 1 unspecified atom stereocenters. The second-order valence-corrected chi connectivity index (χ2v) is 7.76. The largest absolute Gasteiger partial charge is 0.356 e. The highest BCUT2D eigenvalue weighted by Crippen LogP contribution is 2.23. The lowest BCUT2D eigenvalue weighted by atomic mass is 9.87. The molecule has 2 aliphatic rings. The van der Waals surface area contributed by atoms with E-state index in [1.807, 2.05) is 7.05 Å². The molecular formula is C18H38IN5. The Morgan fingerprint density at radius 2 is 1.75 bits per heavy atom. The summed E-state index contributed by atoms with van der Waals surface area (Å²) in [6.45, 7) is 11.7. The normalized spacial score (nSPS) is 28.1. The van der Waals surface area contributed by atoms with Crippen molar-refractivity contribution in [1.29, 1.82) is 0 Å². The fraction of sp³-hybridized carbons (Fsp3) is 0.944. The molecular weight excluding hydrogens is 413 g/mol. The highest BCUT2D eigenvalue weighted by Gasteiger charge is 2.19. The predicted molar refractivity (Wildman–Crippen MR) is 114 cm³/mol. The third-order valence-electron chi connectivity index (χ3n) is 5.36. The maximum absolute atomic E-state index is 4.40. The van der Waals surface area contributed by atoms with E-state index < -0.39 is 0 Å². The van der Waals surface area contributed by atoms with Gasteiger partial charge in [0, 0.05) is 52.4 Å². The first-order valence-electron chi connectivity index (χ1n) is 9.45. The molecule has 0 bridgehead atoms. The van der Waals surface area contributed by atoms with E-state index in [2.05, 4.69) is 46.3 Å². The van der Waals surface area contributed by atoms with E-state index in [1.165, 1.54) is 58.4 Å². The molecule has 2 fully saturated rings. The first-order chi connectivity index (χ1) is 11.1. The number of halogens is 1. The van der Waals surface area contributed by atoms with Crippen LogP contribution in [-0.4, -0.2) is 75.2 Å². The zero-order chi connectivity index (χ0) is 16.7. The van der Waals surface area contributed by atoms with Gasteiger partial charge in [-0.15, -0.1) is 24.0 Å². The van der Waals surface area contributed by atoms with Crippen LogP contribution in [0.25, 0.3) is 0 Å². The molecule has 1 aliphatic heterocycles. The summed E-state index contributed by atoms with van der Waals surface area (Å²) in [6, 6.07) is 0.602. The number of nitrogens with one attached hydrogen (secondary N) is 2. The summed E-state index contributed by atoms with van der Waals surface area (Å²) in [5.41, 5.74) is 0. The number of aliphatic imine (C=N–C) groups is 1. The molecule has 6 heteroatoms. The Balaban J connectivity index is 0.00000288. The number of rotatable bonds is 5. The van der Waals surface area contributed by atoms with Gasteiger partial charge in [-0.3, -0.25) is 4.99 Å². The first-order valence-corrected chi connectivity index (χ1v) is 9.45. The van der Waals surface area contributed by atoms with Crippen molar-refractivity contribution in [3.8, 4) is 0 Å². The van der Waals surface area contributed by atoms with Gasteiger partial charge in [-0.1, -0.05) is 13.8 Å². The molecule has 1 atom stereocenters. The van der Waals surface area contributed by atoms with Gasteiger partial charge in [-0.2, -0.15) is 0 Å². The van der Waals surface area contributed by atoms with Crippen molar-refractivity contribution < 1.29 is 0 Å². The van der Waals surface area contributed by atoms with Crippen LogP contribution in [0, 0.1) is 11.8 Å². The molecule has 0 aromatic carbocycles. The van der Waals surface area contributed by atoms with Crippen LogP contribution in [0.15, 0.2) is 4.99 Å². The van der Waals surface area contributed by atoms with E-state index >= 15 is 0 Å². The topological polar surface area (TPSA) is 42.9 Å². The molecule has 1 aliphatic carbocycles. The molecule has 5 nitrogen and oxygen atoms in total. The highest BCUT2D eigenvalue weighted by atomic mass is 127. The van der Waals surface area contributed by atoms with Crippen molar-refractivity contribution in [3.63, 3.8) is 0 Å². The molecule has 2 rings (SSSR count). The minimum Gasteiger partial charge on any atom is -0.356 e. The number of nitrogens with zero attached hydrogens (tertiary/aromatic N) is 3. The van der Waals surface area contributed by atoms with E-state index in [0.717, 1.165) is 18.4 Å². The van der Waals surface area contributed by atoms with Crippen LogP contribution in [0.1, 0.15) is 39.5 Å². The van der Waals surface area contributed by atoms with Gasteiger partial charge in [0.1, 0.15) is 0 Å². The number of hydrogen-bond acceptors (Lipinski definition) is 3. The lowest BCUT2D eigenvalue weighted by Crippen LogP contribution is -2.49. The zero-order valence-electron chi connectivity index (χ0n) is 16.1. The highest BCUT2D eigenvalue weighted by molar-refractivity contribution is 14.0. The molecule has 142 valence electrons. The standard InChI is InChI=1S/C18H37N5.HI/c1-15-5-7-17(8-6-15)21-18(19-3)20-13-16(2)14-23-11-9-22(4)10-12-23;/h15-17H,5-14H2,1-4H3,(H2,19,20,21);1H. The molecule has 0 spiro atoms. The first kappa shape index (κ1) is 22.0. The predicted octanol–water partition coefficient (Wildman–Crippen LogP) is 2.23. The fourth-order valence-corrected chi connectivity index (χ4v) is 3.60. The summed E-state index contributed by atoms with van der Waals surface area (Å²) in [7, 11) is 4.09. The van der Waals surface area contributed by atoms with Crippen LogP contribution in [0.3, 0.4) is 0 Å². The van der Waals surface area contributed by atoms with Gasteiger partial charge in [-0.05, 0) is 44.6 Å². The van der Waals surface area contributed by atoms with Gasteiger partial charge in [0.05, 0.1) is 0 Å². The maximum Gasteiger partial charge on any atom is 0.191 e. The van der Waals surface area contributed by atoms with Crippen LogP contribution < -0.4 is 10.6 Å². The van der Waals surface area contributed by atoms with Crippen molar-refractivity contribution in [2.45, 2.75) is 45.6 Å². The molecule has 1 heterocycles. The summed E-state index contributed by atoms with van der Waals surface area (Å²) in [4.78, 5) is 9.41. The Bertz CT molecular complexity index is 360. The number of guanidine groups is 1. The lowest BCUT2D eigenvalue weighted by Gasteiger charge is -2.34. The zero-order valence-corrected chi connectivity index (χ0v) is 18.4. The van der Waals surface area contributed by atoms with Crippen LogP contribution in [-0.2, 0) is 0 Å². The van der Waals surface area contributed by atoms with E-state index in [-0.39, 0.29) is 24.0 Å². The summed E-state index contributed by atoms with van der Waals surface area (Å²) >= 11 is 0. The Morgan fingerprint density at radius 3 is 2.33 bits per heavy atom. The van der Waals surface area contributed by atoms with Crippen molar-refractivity contribution in [3.05, 3.63) is 0 Å². The van der Waals surface area contributed by atoms with Crippen LogP contribution in [0.5, 0.6) is 0 Å². The molecule has 0 amide bonds. The van der Waals surface area contributed by atoms with Gasteiger partial charge in [0.15, 0.2) is 5.96 Å². The Kier molecular flexibility index (Phi) is 10.5. The minimum absolute atomic E-state index is 0. The van der Waals surface area contributed by atoms with E-state index in [4.69, 9.17) is 0 Å². The Labute approximate surface area is 166 Å². The maximum atomic E-state index is 4.40. The van der Waals surface area contributed by atoms with Gasteiger partial charge in [-0.25, -0.2) is 0 Å². The Morgan fingerprint density at radius 1 is 1.12 bits per heavy atom. The summed E-state index contributed by atoms with van der Waals surface area (Å²) in [5, 5.41) is 7.14. The van der Waals surface area contributed by atoms with E-state index in [9.17, 15) is 0 Å². The van der Waals surface area contributed by atoms with Crippen molar-refractivity contribution in [2.24, 2.45) is 16.8 Å². The molecule has 24 heavy (non-hydrogen) atoms. The summed E-state index contributed by atoms with van der Waals surface area (Å²) in [6.07, 6.45) is 5.24. The summed E-state index contributed by atoms with van der Waals surface area (Å²) < 4.78 is 0. The second-order valence-electron chi connectivity index (χ2n) is 7.76. The van der Waals surface area contributed by atoms with E-state index in [0.29, 0.717) is 12.0 Å². The average molecular weight is 451 g/mol. The molecule has 0 aromatic rings. The van der Waals surface area contributed by atoms with Crippen LogP contribution >= 0.6 is 24.0 Å². The van der Waals surface area contributed by atoms with Gasteiger partial charge in [0.2, 0.25) is 0 Å². The second kappa shape index (κ2) is 11.5. The lowest BCUT2D eigenvalue weighted by molar-refractivity contribution is 0.139. The molecule has 0 aromatic heterocycles. The third-order valence-corrected chi connectivity index (χ3v) is 5.36. The molecule has 1 saturated heterocycles. The number of likely N-dealkylation sites (N-methyl/N-ethyl adjacent to an activating group) is 1. The quantitative estimate of drug-likeness (QED) is 0.382. The van der Waals surface area contributed by atoms with Crippen molar-refractivity contribution >= 4 is 29.9 Å². The smallest absolute Gasteiger partial charge is 0.191 e. The van der Waals surface area contributed by atoms with Gasteiger partial charge < -0.3 is 20.4 Å².